The lowest BCUT2D eigenvalue weighted by Gasteiger charge is -2.08. The van der Waals surface area contributed by atoms with Gasteiger partial charge in [0.1, 0.15) is 0 Å². The summed E-state index contributed by atoms with van der Waals surface area (Å²) in [5.41, 5.74) is 1.11. The molecule has 0 bridgehead atoms. The molecular formula is C17H14FNO4. The Morgan fingerprint density at radius 2 is 1.96 bits per heavy atom. The number of hydrogen-bond acceptors (Lipinski definition) is 3. The van der Waals surface area contributed by atoms with Gasteiger partial charge in [-0.15, -0.1) is 0 Å². The first-order valence-corrected chi connectivity index (χ1v) is 6.73. The molecule has 0 aliphatic rings. The van der Waals surface area contributed by atoms with Gasteiger partial charge in [-0.1, -0.05) is 24.3 Å². The number of para-hydroxylation sites is 1. The van der Waals surface area contributed by atoms with E-state index >= 15 is 0 Å². The van der Waals surface area contributed by atoms with Gasteiger partial charge in [0, 0.05) is 11.8 Å². The van der Waals surface area contributed by atoms with Crippen molar-refractivity contribution in [2.45, 2.75) is 0 Å². The number of anilines is 1. The average molecular weight is 315 g/mol. The van der Waals surface area contributed by atoms with Crippen LogP contribution in [0.3, 0.4) is 0 Å². The number of carbonyl (C=O) groups is 2. The van der Waals surface area contributed by atoms with Gasteiger partial charge < -0.3 is 15.2 Å². The Hall–Kier alpha value is -3.15. The summed E-state index contributed by atoms with van der Waals surface area (Å²) in [7, 11) is 0. The predicted molar refractivity (Wildman–Crippen MR) is 83.6 cm³/mol. The van der Waals surface area contributed by atoms with E-state index in [1.165, 1.54) is 24.3 Å². The van der Waals surface area contributed by atoms with Crippen LogP contribution in [0, 0.1) is 5.82 Å². The molecule has 0 aliphatic carbocycles. The lowest BCUT2D eigenvalue weighted by molar-refractivity contribution is -0.131. The van der Waals surface area contributed by atoms with Gasteiger partial charge in [-0.3, -0.25) is 4.79 Å². The van der Waals surface area contributed by atoms with Crippen molar-refractivity contribution >= 4 is 23.6 Å². The van der Waals surface area contributed by atoms with Gasteiger partial charge in [-0.05, 0) is 35.9 Å². The molecule has 118 valence electrons. The van der Waals surface area contributed by atoms with Crippen LogP contribution in [0.2, 0.25) is 0 Å². The van der Waals surface area contributed by atoms with Crippen LogP contribution < -0.4 is 10.1 Å². The molecule has 0 heterocycles. The number of hydrogen-bond donors (Lipinski definition) is 2. The van der Waals surface area contributed by atoms with Crippen LogP contribution in [-0.2, 0) is 9.59 Å². The summed E-state index contributed by atoms with van der Waals surface area (Å²) in [4.78, 5) is 22.3. The Bertz CT molecular complexity index is 743. The number of benzene rings is 2. The molecule has 0 unspecified atom stereocenters. The zero-order valence-electron chi connectivity index (χ0n) is 12.0. The molecule has 0 atom stereocenters. The van der Waals surface area contributed by atoms with E-state index < -0.39 is 17.7 Å². The minimum absolute atomic E-state index is 0.000734. The lowest BCUT2D eigenvalue weighted by atomic mass is 10.2. The number of nitrogens with one attached hydrogen (secondary N) is 1. The Kier molecular flexibility index (Phi) is 5.46. The third-order valence-corrected chi connectivity index (χ3v) is 2.78. The zero-order chi connectivity index (χ0) is 16.7. The Labute approximate surface area is 132 Å². The Balaban J connectivity index is 1.94. The smallest absolute Gasteiger partial charge is 0.328 e. The predicted octanol–water partition coefficient (Wildman–Crippen LogP) is 2.94. The summed E-state index contributed by atoms with van der Waals surface area (Å²) in [5, 5.41) is 11.2. The van der Waals surface area contributed by atoms with Gasteiger partial charge in [0.15, 0.2) is 18.2 Å². The molecule has 1 amide bonds. The number of rotatable bonds is 6. The van der Waals surface area contributed by atoms with Gasteiger partial charge >= 0.3 is 5.97 Å². The first-order valence-electron chi connectivity index (χ1n) is 6.73. The second-order valence-corrected chi connectivity index (χ2v) is 4.56. The van der Waals surface area contributed by atoms with Crippen LogP contribution >= 0.6 is 0 Å². The molecular weight excluding hydrogens is 301 g/mol. The third kappa shape index (κ3) is 5.28. The van der Waals surface area contributed by atoms with Crippen molar-refractivity contribution in [1.29, 1.82) is 0 Å². The number of ether oxygens (including phenoxy) is 1. The highest BCUT2D eigenvalue weighted by Crippen LogP contribution is 2.16. The van der Waals surface area contributed by atoms with Crippen molar-refractivity contribution in [3.63, 3.8) is 0 Å². The summed E-state index contributed by atoms with van der Waals surface area (Å²) in [6, 6.07) is 12.4. The van der Waals surface area contributed by atoms with Crippen LogP contribution in [0.25, 0.3) is 6.08 Å². The van der Waals surface area contributed by atoms with Crippen LogP contribution in [0.15, 0.2) is 54.6 Å². The molecule has 0 spiro atoms. The van der Waals surface area contributed by atoms with E-state index in [1.54, 1.807) is 30.3 Å². The van der Waals surface area contributed by atoms with Crippen molar-refractivity contribution in [1.82, 2.24) is 0 Å². The van der Waals surface area contributed by atoms with E-state index in [9.17, 15) is 14.0 Å². The molecule has 0 aromatic heterocycles. The fourth-order valence-electron chi connectivity index (χ4n) is 1.79. The van der Waals surface area contributed by atoms with Gasteiger partial charge in [0.25, 0.3) is 5.91 Å². The summed E-state index contributed by atoms with van der Waals surface area (Å²) in [6.45, 7) is -0.337. The molecule has 2 aromatic rings. The number of halogens is 1. The largest absolute Gasteiger partial charge is 0.481 e. The first kappa shape index (κ1) is 16.2. The maximum absolute atomic E-state index is 13.4. The molecule has 6 heteroatoms. The molecule has 23 heavy (non-hydrogen) atoms. The van der Waals surface area contributed by atoms with Gasteiger partial charge in [0.2, 0.25) is 0 Å². The van der Waals surface area contributed by atoms with Crippen molar-refractivity contribution in [2.75, 3.05) is 11.9 Å². The maximum atomic E-state index is 13.4. The highest BCUT2D eigenvalue weighted by molar-refractivity contribution is 5.92. The maximum Gasteiger partial charge on any atom is 0.328 e. The summed E-state index contributed by atoms with van der Waals surface area (Å²) in [5.74, 6) is -2.05. The molecule has 0 aliphatic heterocycles. The molecule has 2 rings (SSSR count). The van der Waals surface area contributed by atoms with Crippen molar-refractivity contribution in [3.8, 4) is 5.75 Å². The summed E-state index contributed by atoms with van der Waals surface area (Å²) in [6.07, 6.45) is 2.41. The highest BCUT2D eigenvalue weighted by atomic mass is 19.1. The minimum atomic E-state index is -1.06. The Morgan fingerprint density at radius 1 is 1.17 bits per heavy atom. The Morgan fingerprint density at radius 3 is 2.70 bits per heavy atom. The molecule has 0 saturated heterocycles. The second-order valence-electron chi connectivity index (χ2n) is 4.56. The number of aliphatic carboxylic acids is 1. The van der Waals surface area contributed by atoms with E-state index in [1.807, 2.05) is 0 Å². The van der Waals surface area contributed by atoms with Gasteiger partial charge in [0.05, 0.1) is 0 Å². The number of carbonyl (C=O) groups excluding carboxylic acids is 1. The van der Waals surface area contributed by atoms with E-state index in [-0.39, 0.29) is 12.4 Å². The van der Waals surface area contributed by atoms with Crippen molar-refractivity contribution < 1.29 is 23.8 Å². The lowest BCUT2D eigenvalue weighted by Crippen LogP contribution is -2.20. The topological polar surface area (TPSA) is 75.6 Å². The molecule has 0 radical (unpaired) electrons. The highest BCUT2D eigenvalue weighted by Gasteiger charge is 2.06. The monoisotopic (exact) mass is 315 g/mol. The van der Waals surface area contributed by atoms with Crippen LogP contribution in [0.1, 0.15) is 5.56 Å². The minimum Gasteiger partial charge on any atom is -0.481 e. The third-order valence-electron chi connectivity index (χ3n) is 2.78. The number of carboxylic acids is 1. The van der Waals surface area contributed by atoms with Crippen molar-refractivity contribution in [3.05, 3.63) is 66.0 Å². The molecule has 2 N–H and O–H groups in total. The molecule has 0 saturated carbocycles. The average Bonchev–Trinajstić information content (AvgIpc) is 2.52. The fraction of sp³-hybridized carbons (Fsp3) is 0.0588. The van der Waals surface area contributed by atoms with Crippen LogP contribution in [-0.4, -0.2) is 23.6 Å². The van der Waals surface area contributed by atoms with E-state index in [4.69, 9.17) is 9.84 Å². The van der Waals surface area contributed by atoms with Gasteiger partial charge in [-0.2, -0.15) is 0 Å². The van der Waals surface area contributed by atoms with Crippen LogP contribution in [0.5, 0.6) is 5.75 Å². The molecule has 5 nitrogen and oxygen atoms in total. The summed E-state index contributed by atoms with van der Waals surface area (Å²) < 4.78 is 18.5. The van der Waals surface area contributed by atoms with E-state index in [0.29, 0.717) is 11.3 Å². The SMILES string of the molecule is O=C(O)/C=C/c1cccc(NC(=O)COc2ccccc2F)c1. The van der Waals surface area contributed by atoms with Gasteiger partial charge in [-0.25, -0.2) is 9.18 Å². The second kappa shape index (κ2) is 7.74. The standard InChI is InChI=1S/C17H14FNO4/c18-14-6-1-2-7-15(14)23-11-16(20)19-13-5-3-4-12(10-13)8-9-17(21)22/h1-10H,11H2,(H,19,20)(H,21,22)/b9-8+. The zero-order valence-corrected chi connectivity index (χ0v) is 12.0. The quantitative estimate of drug-likeness (QED) is 0.804. The van der Waals surface area contributed by atoms with Crippen LogP contribution in [0.4, 0.5) is 10.1 Å². The summed E-state index contributed by atoms with van der Waals surface area (Å²) >= 11 is 0. The number of amides is 1. The van der Waals surface area contributed by atoms with Crippen molar-refractivity contribution in [2.24, 2.45) is 0 Å². The molecule has 0 fully saturated rings. The molecule has 2 aromatic carbocycles. The normalized spacial score (nSPS) is 10.5. The number of carboxylic acid groups (broad SMARTS) is 1. The fourth-order valence-corrected chi connectivity index (χ4v) is 1.79. The van der Waals surface area contributed by atoms with E-state index in [0.717, 1.165) is 6.08 Å². The first-order chi connectivity index (χ1) is 11.0. The van der Waals surface area contributed by atoms with E-state index in [2.05, 4.69) is 5.32 Å².